The first-order chi connectivity index (χ1) is 9.99. The lowest BCUT2D eigenvalue weighted by Gasteiger charge is -2.31. The average Bonchev–Trinajstić information content (AvgIpc) is 2.99. The number of rotatable bonds is 5. The summed E-state index contributed by atoms with van der Waals surface area (Å²) in [5, 5.41) is 13.0. The van der Waals surface area contributed by atoms with E-state index in [2.05, 4.69) is 5.32 Å². The van der Waals surface area contributed by atoms with E-state index in [1.54, 1.807) is 31.2 Å². The monoisotopic (exact) mass is 309 g/mol. The van der Waals surface area contributed by atoms with Crippen molar-refractivity contribution in [3.05, 3.63) is 34.9 Å². The lowest BCUT2D eigenvalue weighted by molar-refractivity contribution is -0.149. The van der Waals surface area contributed by atoms with Crippen molar-refractivity contribution < 1.29 is 14.7 Å². The number of amides is 1. The number of aliphatic carboxylic acids is 1. The maximum atomic E-state index is 12.4. The lowest BCUT2D eigenvalue weighted by Crippen LogP contribution is -2.52. The van der Waals surface area contributed by atoms with Crippen molar-refractivity contribution in [1.29, 1.82) is 0 Å². The number of nitrogens with one attached hydrogen (secondary N) is 1. The molecular weight excluding hydrogens is 290 g/mol. The smallest absolute Gasteiger partial charge is 0.334 e. The van der Waals surface area contributed by atoms with E-state index in [0.29, 0.717) is 10.6 Å². The molecule has 0 aromatic heterocycles. The molecule has 2 rings (SSSR count). The van der Waals surface area contributed by atoms with Gasteiger partial charge in [-0.05, 0) is 37.0 Å². The van der Waals surface area contributed by atoms with Crippen LogP contribution in [0.2, 0.25) is 5.02 Å². The minimum Gasteiger partial charge on any atom is -0.479 e. The molecule has 0 bridgehead atoms. The van der Waals surface area contributed by atoms with Crippen LogP contribution < -0.4 is 5.32 Å². The molecule has 1 atom stereocenters. The Morgan fingerprint density at radius 1 is 1.29 bits per heavy atom. The number of carbonyl (C=O) groups excluding carboxylic acids is 1. The molecule has 4 nitrogen and oxygen atoms in total. The highest BCUT2D eigenvalue weighted by molar-refractivity contribution is 6.30. The quantitative estimate of drug-likeness (QED) is 0.876. The molecular formula is C16H20ClNO3. The zero-order valence-corrected chi connectivity index (χ0v) is 12.8. The van der Waals surface area contributed by atoms with Crippen molar-refractivity contribution in [2.75, 3.05) is 0 Å². The topological polar surface area (TPSA) is 66.4 Å². The summed E-state index contributed by atoms with van der Waals surface area (Å²) in [6.07, 6.45) is 4.02. The first kappa shape index (κ1) is 15.8. The molecule has 1 unspecified atom stereocenters. The molecule has 0 spiro atoms. The Labute approximate surface area is 129 Å². The van der Waals surface area contributed by atoms with Gasteiger partial charge in [-0.15, -0.1) is 0 Å². The van der Waals surface area contributed by atoms with Gasteiger partial charge in [-0.3, -0.25) is 4.79 Å². The van der Waals surface area contributed by atoms with E-state index in [-0.39, 0.29) is 18.2 Å². The number of carboxylic acid groups (broad SMARTS) is 1. The van der Waals surface area contributed by atoms with Gasteiger partial charge in [0.25, 0.3) is 0 Å². The van der Waals surface area contributed by atoms with Gasteiger partial charge in [0, 0.05) is 10.9 Å². The minimum absolute atomic E-state index is 0.0671. The van der Waals surface area contributed by atoms with Crippen LogP contribution in [0.3, 0.4) is 0 Å². The van der Waals surface area contributed by atoms with Crippen LogP contribution in [-0.2, 0) is 15.1 Å². The molecule has 0 aliphatic heterocycles. The van der Waals surface area contributed by atoms with E-state index >= 15 is 0 Å². The lowest BCUT2D eigenvalue weighted by atomic mass is 9.86. The van der Waals surface area contributed by atoms with E-state index in [1.165, 1.54) is 0 Å². The highest BCUT2D eigenvalue weighted by Gasteiger charge is 2.41. The second kappa shape index (κ2) is 6.48. The molecule has 0 heterocycles. The van der Waals surface area contributed by atoms with E-state index in [9.17, 15) is 14.7 Å². The standard InChI is InChI=1S/C16H20ClNO3/c1-2-16(15(20)21,12-7-9-13(17)10-8-12)18-14(19)11-5-3-4-6-11/h7-11H,2-6H2,1H3,(H,18,19)(H,20,21). The van der Waals surface area contributed by atoms with Crippen molar-refractivity contribution in [1.82, 2.24) is 5.32 Å². The molecule has 21 heavy (non-hydrogen) atoms. The largest absolute Gasteiger partial charge is 0.479 e. The van der Waals surface area contributed by atoms with Crippen LogP contribution in [0, 0.1) is 5.92 Å². The van der Waals surface area contributed by atoms with Gasteiger partial charge in [0.05, 0.1) is 0 Å². The molecule has 1 saturated carbocycles. The average molecular weight is 310 g/mol. The van der Waals surface area contributed by atoms with Crippen LogP contribution in [-0.4, -0.2) is 17.0 Å². The molecule has 1 amide bonds. The zero-order chi connectivity index (χ0) is 15.5. The molecule has 114 valence electrons. The number of carboxylic acids is 1. The van der Waals surface area contributed by atoms with Gasteiger partial charge >= 0.3 is 5.97 Å². The summed E-state index contributed by atoms with van der Waals surface area (Å²) in [6.45, 7) is 1.76. The molecule has 0 saturated heterocycles. The molecule has 2 N–H and O–H groups in total. The molecule has 1 fully saturated rings. The van der Waals surface area contributed by atoms with E-state index in [0.717, 1.165) is 25.7 Å². The molecule has 1 aromatic carbocycles. The second-order valence-electron chi connectivity index (χ2n) is 5.54. The van der Waals surface area contributed by atoms with Crippen molar-refractivity contribution in [3.63, 3.8) is 0 Å². The first-order valence-corrected chi connectivity index (χ1v) is 7.69. The zero-order valence-electron chi connectivity index (χ0n) is 12.1. The van der Waals surface area contributed by atoms with Crippen LogP contribution >= 0.6 is 11.6 Å². The Morgan fingerprint density at radius 3 is 2.33 bits per heavy atom. The number of hydrogen-bond acceptors (Lipinski definition) is 2. The van der Waals surface area contributed by atoms with E-state index in [4.69, 9.17) is 11.6 Å². The summed E-state index contributed by atoms with van der Waals surface area (Å²) in [7, 11) is 0. The third-order valence-corrected chi connectivity index (χ3v) is 4.55. The van der Waals surface area contributed by atoms with Crippen LogP contribution in [0.25, 0.3) is 0 Å². The Bertz CT molecular complexity index is 523. The Balaban J connectivity index is 2.30. The molecule has 1 aliphatic carbocycles. The van der Waals surface area contributed by atoms with Gasteiger partial charge in [-0.1, -0.05) is 43.5 Å². The Kier molecular flexibility index (Phi) is 4.88. The van der Waals surface area contributed by atoms with Gasteiger partial charge in [0.2, 0.25) is 5.91 Å². The summed E-state index contributed by atoms with van der Waals surface area (Å²) in [4.78, 5) is 24.2. The van der Waals surface area contributed by atoms with Crippen molar-refractivity contribution in [2.45, 2.75) is 44.6 Å². The van der Waals surface area contributed by atoms with Crippen molar-refractivity contribution in [2.24, 2.45) is 5.92 Å². The minimum atomic E-state index is -1.38. The third kappa shape index (κ3) is 3.21. The number of carbonyl (C=O) groups is 2. The normalized spacial score (nSPS) is 18.2. The fourth-order valence-corrected chi connectivity index (χ4v) is 3.05. The fraction of sp³-hybridized carbons (Fsp3) is 0.500. The van der Waals surface area contributed by atoms with Crippen LogP contribution in [0.15, 0.2) is 24.3 Å². The van der Waals surface area contributed by atoms with Crippen molar-refractivity contribution >= 4 is 23.5 Å². The first-order valence-electron chi connectivity index (χ1n) is 7.31. The van der Waals surface area contributed by atoms with E-state index < -0.39 is 11.5 Å². The van der Waals surface area contributed by atoms with Gasteiger partial charge in [0.15, 0.2) is 5.54 Å². The van der Waals surface area contributed by atoms with Gasteiger partial charge in [-0.25, -0.2) is 4.79 Å². The number of halogens is 1. The number of hydrogen-bond donors (Lipinski definition) is 2. The molecule has 1 aliphatic rings. The Hall–Kier alpha value is -1.55. The van der Waals surface area contributed by atoms with Gasteiger partial charge in [0.1, 0.15) is 0 Å². The summed E-state index contributed by atoms with van der Waals surface area (Å²) in [6, 6.07) is 6.61. The van der Waals surface area contributed by atoms with Crippen molar-refractivity contribution in [3.8, 4) is 0 Å². The van der Waals surface area contributed by atoms with Gasteiger partial charge in [-0.2, -0.15) is 0 Å². The fourth-order valence-electron chi connectivity index (χ4n) is 2.93. The van der Waals surface area contributed by atoms with E-state index in [1.807, 2.05) is 0 Å². The highest BCUT2D eigenvalue weighted by atomic mass is 35.5. The SMILES string of the molecule is CCC(NC(=O)C1CCCC1)(C(=O)O)c1ccc(Cl)cc1. The summed E-state index contributed by atoms with van der Waals surface area (Å²) in [5.74, 6) is -1.27. The predicted molar refractivity (Wildman–Crippen MR) is 81.2 cm³/mol. The molecule has 1 aromatic rings. The van der Waals surface area contributed by atoms with Crippen LogP contribution in [0.4, 0.5) is 0 Å². The summed E-state index contributed by atoms with van der Waals surface area (Å²) in [5.41, 5.74) is -0.835. The van der Waals surface area contributed by atoms with Gasteiger partial charge < -0.3 is 10.4 Å². The Morgan fingerprint density at radius 2 is 1.86 bits per heavy atom. The third-order valence-electron chi connectivity index (χ3n) is 4.29. The summed E-state index contributed by atoms with van der Waals surface area (Å²) < 4.78 is 0. The van der Waals surface area contributed by atoms with Crippen LogP contribution in [0.5, 0.6) is 0 Å². The van der Waals surface area contributed by atoms with Crippen LogP contribution in [0.1, 0.15) is 44.6 Å². The highest BCUT2D eigenvalue weighted by Crippen LogP contribution is 2.30. The maximum absolute atomic E-state index is 12.4. The predicted octanol–water partition coefficient (Wildman–Crippen LogP) is 3.34. The maximum Gasteiger partial charge on any atom is 0.334 e. The number of benzene rings is 1. The molecule has 0 radical (unpaired) electrons. The summed E-state index contributed by atoms with van der Waals surface area (Å²) >= 11 is 5.86. The second-order valence-corrected chi connectivity index (χ2v) is 5.98. The molecule has 5 heteroatoms.